The largest absolute Gasteiger partial charge is 0.491 e. The first-order valence-corrected chi connectivity index (χ1v) is 7.03. The Hall–Kier alpha value is -2.33. The Kier molecular flexibility index (Phi) is 2.56. The normalized spacial score (nSPS) is 27.0. The first-order valence-electron chi connectivity index (χ1n) is 7.03. The van der Waals surface area contributed by atoms with Crippen molar-refractivity contribution in [3.05, 3.63) is 65.7 Å². The third-order valence-electron chi connectivity index (χ3n) is 4.41. The van der Waals surface area contributed by atoms with E-state index in [1.54, 1.807) is 4.90 Å². The number of aliphatic hydroxyl groups excluding tert-OH is 1. The first kappa shape index (κ1) is 12.4. The van der Waals surface area contributed by atoms with Gasteiger partial charge in [0, 0.05) is 5.56 Å². The Morgan fingerprint density at radius 2 is 1.81 bits per heavy atom. The van der Waals surface area contributed by atoms with Crippen LogP contribution in [0, 0.1) is 0 Å². The minimum atomic E-state index is -1.07. The maximum absolute atomic E-state index is 12.2. The molecule has 4 heteroatoms. The van der Waals surface area contributed by atoms with Crippen molar-refractivity contribution in [1.82, 2.24) is 4.90 Å². The Bertz CT molecular complexity index is 700. The zero-order chi connectivity index (χ0) is 14.4. The second-order valence-corrected chi connectivity index (χ2v) is 5.37. The SMILES string of the molecule is O=C1[C@@H](O)[C@@]2(c3ccccc3)c3ccccc3OCCN12. The summed E-state index contributed by atoms with van der Waals surface area (Å²) < 4.78 is 5.77. The highest BCUT2D eigenvalue weighted by Crippen LogP contribution is 2.50. The monoisotopic (exact) mass is 281 g/mol. The summed E-state index contributed by atoms with van der Waals surface area (Å²) >= 11 is 0. The number of aliphatic hydroxyl groups is 1. The van der Waals surface area contributed by atoms with E-state index < -0.39 is 11.6 Å². The quantitative estimate of drug-likeness (QED) is 0.806. The maximum atomic E-state index is 12.2. The molecule has 4 nitrogen and oxygen atoms in total. The predicted octanol–water partition coefficient (Wildman–Crippen LogP) is 1.53. The predicted molar refractivity (Wildman–Crippen MR) is 76.9 cm³/mol. The molecule has 4 rings (SSSR count). The van der Waals surface area contributed by atoms with E-state index in [-0.39, 0.29) is 5.91 Å². The lowest BCUT2D eigenvalue weighted by atomic mass is 9.70. The van der Waals surface area contributed by atoms with Crippen LogP contribution in [-0.4, -0.2) is 35.2 Å². The van der Waals surface area contributed by atoms with Gasteiger partial charge < -0.3 is 14.7 Å². The number of carbonyl (C=O) groups is 1. The van der Waals surface area contributed by atoms with Crippen molar-refractivity contribution in [3.63, 3.8) is 0 Å². The molecule has 21 heavy (non-hydrogen) atoms. The molecule has 0 radical (unpaired) electrons. The van der Waals surface area contributed by atoms with Crippen LogP contribution >= 0.6 is 0 Å². The van der Waals surface area contributed by atoms with E-state index in [1.165, 1.54) is 0 Å². The van der Waals surface area contributed by atoms with E-state index >= 15 is 0 Å². The number of amides is 1. The number of rotatable bonds is 1. The second kappa shape index (κ2) is 4.33. The van der Waals surface area contributed by atoms with Gasteiger partial charge >= 0.3 is 0 Å². The molecule has 1 N–H and O–H groups in total. The van der Waals surface area contributed by atoms with Gasteiger partial charge in [0.2, 0.25) is 0 Å². The molecule has 1 saturated heterocycles. The molecule has 2 heterocycles. The molecule has 2 aliphatic rings. The number of ether oxygens (including phenoxy) is 1. The third-order valence-corrected chi connectivity index (χ3v) is 4.41. The third kappa shape index (κ3) is 1.45. The lowest BCUT2D eigenvalue weighted by molar-refractivity contribution is -0.180. The maximum Gasteiger partial charge on any atom is 0.255 e. The van der Waals surface area contributed by atoms with Crippen molar-refractivity contribution in [3.8, 4) is 5.75 Å². The van der Waals surface area contributed by atoms with Crippen molar-refractivity contribution in [1.29, 1.82) is 0 Å². The van der Waals surface area contributed by atoms with Gasteiger partial charge in [-0.25, -0.2) is 0 Å². The lowest BCUT2D eigenvalue weighted by Crippen LogP contribution is -2.72. The van der Waals surface area contributed by atoms with Crippen LogP contribution in [0.5, 0.6) is 5.75 Å². The number of carbonyl (C=O) groups excluding carboxylic acids is 1. The lowest BCUT2D eigenvalue weighted by Gasteiger charge is -2.55. The summed E-state index contributed by atoms with van der Waals surface area (Å²) in [5.74, 6) is 0.495. The molecule has 0 spiro atoms. The van der Waals surface area contributed by atoms with Crippen molar-refractivity contribution < 1.29 is 14.6 Å². The highest BCUT2D eigenvalue weighted by Gasteiger charge is 2.63. The zero-order valence-electron chi connectivity index (χ0n) is 11.4. The van der Waals surface area contributed by atoms with Gasteiger partial charge in [-0.05, 0) is 11.6 Å². The Labute approximate surface area is 122 Å². The van der Waals surface area contributed by atoms with Gasteiger partial charge in [-0.3, -0.25) is 4.79 Å². The first-order chi connectivity index (χ1) is 10.3. The number of nitrogens with zero attached hydrogens (tertiary/aromatic N) is 1. The topological polar surface area (TPSA) is 49.8 Å². The van der Waals surface area contributed by atoms with Crippen molar-refractivity contribution in [2.24, 2.45) is 0 Å². The molecule has 1 amide bonds. The molecule has 0 saturated carbocycles. The van der Waals surface area contributed by atoms with Crippen LogP contribution in [0.1, 0.15) is 11.1 Å². The fraction of sp³-hybridized carbons (Fsp3) is 0.235. The van der Waals surface area contributed by atoms with Crippen LogP contribution in [0.3, 0.4) is 0 Å². The molecule has 1 fully saturated rings. The van der Waals surface area contributed by atoms with Gasteiger partial charge in [-0.2, -0.15) is 0 Å². The molecule has 106 valence electrons. The van der Waals surface area contributed by atoms with Crippen LogP contribution in [0.2, 0.25) is 0 Å². The Morgan fingerprint density at radius 1 is 1.10 bits per heavy atom. The number of hydrogen-bond donors (Lipinski definition) is 1. The number of benzene rings is 2. The molecule has 2 aromatic carbocycles. The highest BCUT2D eigenvalue weighted by molar-refractivity contribution is 5.93. The van der Waals surface area contributed by atoms with Crippen molar-refractivity contribution in [2.45, 2.75) is 11.6 Å². The molecular formula is C17H15NO3. The average Bonchev–Trinajstić information content (AvgIpc) is 2.70. The van der Waals surface area contributed by atoms with E-state index in [9.17, 15) is 9.90 Å². The van der Waals surface area contributed by atoms with E-state index in [4.69, 9.17) is 4.74 Å². The molecule has 2 atom stereocenters. The smallest absolute Gasteiger partial charge is 0.255 e. The van der Waals surface area contributed by atoms with Crippen LogP contribution in [0.15, 0.2) is 54.6 Å². The van der Waals surface area contributed by atoms with Crippen molar-refractivity contribution in [2.75, 3.05) is 13.2 Å². The summed E-state index contributed by atoms with van der Waals surface area (Å²) in [6, 6.07) is 17.3. The van der Waals surface area contributed by atoms with E-state index in [2.05, 4.69) is 0 Å². The minimum absolute atomic E-state index is 0.237. The van der Waals surface area contributed by atoms with Gasteiger partial charge in [0.15, 0.2) is 6.10 Å². The van der Waals surface area contributed by atoms with E-state index in [0.717, 1.165) is 16.9 Å². The van der Waals surface area contributed by atoms with Gasteiger partial charge in [0.25, 0.3) is 5.91 Å². The van der Waals surface area contributed by atoms with Gasteiger partial charge in [0.1, 0.15) is 17.9 Å². The summed E-state index contributed by atoms with van der Waals surface area (Å²) in [5.41, 5.74) is 0.932. The fourth-order valence-corrected chi connectivity index (χ4v) is 3.48. The van der Waals surface area contributed by atoms with Gasteiger partial charge in [-0.15, -0.1) is 0 Å². The molecule has 0 unspecified atom stereocenters. The van der Waals surface area contributed by atoms with E-state index in [1.807, 2.05) is 54.6 Å². The van der Waals surface area contributed by atoms with E-state index in [0.29, 0.717) is 13.2 Å². The summed E-state index contributed by atoms with van der Waals surface area (Å²) in [5, 5.41) is 10.5. The zero-order valence-corrected chi connectivity index (χ0v) is 11.4. The average molecular weight is 281 g/mol. The molecule has 0 aliphatic carbocycles. The van der Waals surface area contributed by atoms with Crippen LogP contribution in [0.25, 0.3) is 0 Å². The molecule has 2 aromatic rings. The molecular weight excluding hydrogens is 266 g/mol. The summed E-state index contributed by atoms with van der Waals surface area (Å²) in [4.78, 5) is 13.9. The summed E-state index contributed by atoms with van der Waals surface area (Å²) in [6.45, 7) is 0.906. The fourth-order valence-electron chi connectivity index (χ4n) is 3.48. The Morgan fingerprint density at radius 3 is 2.62 bits per heavy atom. The number of hydrogen-bond acceptors (Lipinski definition) is 3. The summed E-state index contributed by atoms with van der Waals surface area (Å²) in [6.07, 6.45) is -1.07. The van der Waals surface area contributed by atoms with Crippen LogP contribution in [-0.2, 0) is 10.3 Å². The molecule has 0 aromatic heterocycles. The highest BCUT2D eigenvalue weighted by atomic mass is 16.5. The minimum Gasteiger partial charge on any atom is -0.491 e. The standard InChI is InChI=1S/C17H15NO3/c19-15-16(20)18-10-11-21-14-9-5-4-8-13(14)17(15,18)12-6-2-1-3-7-12/h1-9,15,19H,10-11H2/t15-,17-/m1/s1. The molecule has 2 aliphatic heterocycles. The number of fused-ring (bicyclic) bond motifs is 3. The van der Waals surface area contributed by atoms with Crippen LogP contribution in [0.4, 0.5) is 0 Å². The van der Waals surface area contributed by atoms with Crippen molar-refractivity contribution >= 4 is 5.91 Å². The Balaban J connectivity index is 2.01. The number of β-lactam (4-membered cyclic amide) rings is 1. The van der Waals surface area contributed by atoms with Gasteiger partial charge in [0.05, 0.1) is 6.54 Å². The second-order valence-electron chi connectivity index (χ2n) is 5.37. The summed E-state index contributed by atoms with van der Waals surface area (Å²) in [7, 11) is 0. The molecule has 0 bridgehead atoms. The van der Waals surface area contributed by atoms with Gasteiger partial charge in [-0.1, -0.05) is 48.5 Å². The number of para-hydroxylation sites is 1. The van der Waals surface area contributed by atoms with Crippen LogP contribution < -0.4 is 4.74 Å².